The molecule has 1 rings (SSSR count). The van der Waals surface area contributed by atoms with Crippen LogP contribution < -0.4 is 0 Å². The molecule has 3 nitrogen and oxygen atoms in total. The molecule has 0 unspecified atom stereocenters. The molecule has 0 saturated carbocycles. The van der Waals surface area contributed by atoms with Crippen molar-refractivity contribution in [1.82, 2.24) is 4.31 Å². The van der Waals surface area contributed by atoms with Gasteiger partial charge in [-0.2, -0.15) is 0 Å². The Morgan fingerprint density at radius 1 is 1.38 bits per heavy atom. The molecule has 0 aromatic carbocycles. The average molecular weight is 209 g/mol. The van der Waals surface area contributed by atoms with Crippen LogP contribution in [0.3, 0.4) is 0 Å². The second kappa shape index (κ2) is 3.53. The Bertz CT molecular complexity index is 264. The standard InChI is InChI=1S/C8H16FNO2S/c1-3-13(11,12)10-6-4-8(2,9)5-7-10/h3-7H2,1-2H3. The molecule has 1 heterocycles. The third-order valence-corrected chi connectivity index (χ3v) is 4.40. The smallest absolute Gasteiger partial charge is 0.213 e. The number of hydrogen-bond donors (Lipinski definition) is 0. The van der Waals surface area contributed by atoms with E-state index in [9.17, 15) is 12.8 Å². The van der Waals surface area contributed by atoms with Gasteiger partial charge in [0, 0.05) is 13.1 Å². The first-order chi connectivity index (χ1) is 5.87. The zero-order valence-electron chi connectivity index (χ0n) is 8.09. The van der Waals surface area contributed by atoms with E-state index < -0.39 is 15.7 Å². The van der Waals surface area contributed by atoms with Crippen LogP contribution in [0.5, 0.6) is 0 Å². The predicted molar refractivity (Wildman–Crippen MR) is 49.8 cm³/mol. The van der Waals surface area contributed by atoms with Crippen molar-refractivity contribution in [2.24, 2.45) is 0 Å². The number of rotatable bonds is 2. The summed E-state index contributed by atoms with van der Waals surface area (Å²) in [5.74, 6) is 0.107. The first-order valence-electron chi connectivity index (χ1n) is 4.54. The lowest BCUT2D eigenvalue weighted by Crippen LogP contribution is -2.43. The summed E-state index contributed by atoms with van der Waals surface area (Å²) in [5, 5.41) is 0. The van der Waals surface area contributed by atoms with Crippen molar-refractivity contribution in [2.75, 3.05) is 18.8 Å². The molecule has 0 atom stereocenters. The molecule has 0 bridgehead atoms. The highest BCUT2D eigenvalue weighted by molar-refractivity contribution is 7.89. The molecule has 1 aliphatic rings. The van der Waals surface area contributed by atoms with E-state index in [-0.39, 0.29) is 5.75 Å². The second-order valence-electron chi connectivity index (χ2n) is 3.71. The molecule has 0 aromatic rings. The van der Waals surface area contributed by atoms with E-state index in [0.717, 1.165) is 0 Å². The summed E-state index contributed by atoms with van der Waals surface area (Å²) in [6.07, 6.45) is 0.623. The van der Waals surface area contributed by atoms with Crippen LogP contribution >= 0.6 is 0 Å². The largest absolute Gasteiger partial charge is 0.244 e. The maximum atomic E-state index is 13.3. The van der Waals surface area contributed by atoms with Gasteiger partial charge in [-0.05, 0) is 26.7 Å². The number of nitrogens with zero attached hydrogens (tertiary/aromatic N) is 1. The second-order valence-corrected chi connectivity index (χ2v) is 5.97. The quantitative estimate of drug-likeness (QED) is 0.684. The molecular weight excluding hydrogens is 193 g/mol. The molecule has 1 aliphatic heterocycles. The third-order valence-electron chi connectivity index (χ3n) is 2.52. The fraction of sp³-hybridized carbons (Fsp3) is 1.00. The SMILES string of the molecule is CCS(=O)(=O)N1CCC(C)(F)CC1. The fourth-order valence-electron chi connectivity index (χ4n) is 1.41. The highest BCUT2D eigenvalue weighted by atomic mass is 32.2. The Kier molecular flexibility index (Phi) is 2.97. The van der Waals surface area contributed by atoms with E-state index in [4.69, 9.17) is 0 Å². The number of alkyl halides is 1. The van der Waals surface area contributed by atoms with Gasteiger partial charge in [-0.1, -0.05) is 0 Å². The molecule has 5 heteroatoms. The van der Waals surface area contributed by atoms with E-state index in [1.54, 1.807) is 6.92 Å². The number of halogens is 1. The predicted octanol–water partition coefficient (Wildman–Crippen LogP) is 1.16. The Hall–Kier alpha value is -0.160. The summed E-state index contributed by atoms with van der Waals surface area (Å²) in [7, 11) is -3.10. The number of sulfonamides is 1. The zero-order valence-corrected chi connectivity index (χ0v) is 8.90. The minimum Gasteiger partial charge on any atom is -0.244 e. The van der Waals surface area contributed by atoms with Crippen LogP contribution in [0.2, 0.25) is 0 Å². The van der Waals surface area contributed by atoms with E-state index >= 15 is 0 Å². The minimum absolute atomic E-state index is 0.107. The molecule has 1 fully saturated rings. The van der Waals surface area contributed by atoms with Crippen molar-refractivity contribution in [3.05, 3.63) is 0 Å². The molecule has 0 N–H and O–H groups in total. The molecule has 0 radical (unpaired) electrons. The average Bonchev–Trinajstić information content (AvgIpc) is 2.04. The van der Waals surface area contributed by atoms with E-state index in [2.05, 4.69) is 0 Å². The summed E-state index contributed by atoms with van der Waals surface area (Å²) < 4.78 is 37.4. The van der Waals surface area contributed by atoms with E-state index in [0.29, 0.717) is 25.9 Å². The van der Waals surface area contributed by atoms with Gasteiger partial charge in [0.25, 0.3) is 0 Å². The van der Waals surface area contributed by atoms with Gasteiger partial charge in [0.15, 0.2) is 0 Å². The Morgan fingerprint density at radius 2 is 1.85 bits per heavy atom. The summed E-state index contributed by atoms with van der Waals surface area (Å²) in [5.41, 5.74) is -1.18. The summed E-state index contributed by atoms with van der Waals surface area (Å²) in [6.45, 7) is 3.79. The lowest BCUT2D eigenvalue weighted by atomic mass is 9.97. The molecular formula is C8H16FNO2S. The van der Waals surface area contributed by atoms with Crippen molar-refractivity contribution >= 4 is 10.0 Å². The van der Waals surface area contributed by atoms with E-state index in [1.807, 2.05) is 0 Å². The molecule has 0 amide bonds. The number of piperidine rings is 1. The van der Waals surface area contributed by atoms with Gasteiger partial charge in [0.2, 0.25) is 10.0 Å². The maximum Gasteiger partial charge on any atom is 0.213 e. The molecule has 1 saturated heterocycles. The van der Waals surface area contributed by atoms with Gasteiger partial charge in [0.05, 0.1) is 5.75 Å². The van der Waals surface area contributed by atoms with Crippen molar-refractivity contribution in [3.8, 4) is 0 Å². The van der Waals surface area contributed by atoms with Gasteiger partial charge in [0.1, 0.15) is 5.67 Å². The fourth-order valence-corrected chi connectivity index (χ4v) is 2.52. The molecule has 0 aromatic heterocycles. The summed E-state index contributed by atoms with van der Waals surface area (Å²) in [4.78, 5) is 0. The Morgan fingerprint density at radius 3 is 2.23 bits per heavy atom. The van der Waals surface area contributed by atoms with Gasteiger partial charge < -0.3 is 0 Å². The van der Waals surface area contributed by atoms with Crippen molar-refractivity contribution in [1.29, 1.82) is 0 Å². The Balaban J connectivity index is 2.61. The summed E-state index contributed by atoms with van der Waals surface area (Å²) >= 11 is 0. The molecule has 78 valence electrons. The van der Waals surface area contributed by atoms with Crippen molar-refractivity contribution in [2.45, 2.75) is 32.4 Å². The van der Waals surface area contributed by atoms with Crippen LogP contribution in [-0.4, -0.2) is 37.2 Å². The van der Waals surface area contributed by atoms with Crippen LogP contribution in [0, 0.1) is 0 Å². The highest BCUT2D eigenvalue weighted by Gasteiger charge is 2.33. The normalized spacial score (nSPS) is 24.5. The topological polar surface area (TPSA) is 37.4 Å². The first-order valence-corrected chi connectivity index (χ1v) is 6.15. The zero-order chi connectivity index (χ0) is 10.1. The highest BCUT2D eigenvalue weighted by Crippen LogP contribution is 2.26. The molecule has 0 aliphatic carbocycles. The maximum absolute atomic E-state index is 13.3. The lowest BCUT2D eigenvalue weighted by molar-refractivity contribution is 0.109. The Labute approximate surface area is 79.0 Å². The van der Waals surface area contributed by atoms with Gasteiger partial charge >= 0.3 is 0 Å². The van der Waals surface area contributed by atoms with Gasteiger partial charge in [-0.15, -0.1) is 0 Å². The lowest BCUT2D eigenvalue weighted by Gasteiger charge is -2.33. The van der Waals surface area contributed by atoms with Gasteiger partial charge in [-0.25, -0.2) is 17.1 Å². The van der Waals surface area contributed by atoms with Crippen molar-refractivity contribution in [3.63, 3.8) is 0 Å². The molecule has 0 spiro atoms. The van der Waals surface area contributed by atoms with Crippen LogP contribution in [0.25, 0.3) is 0 Å². The van der Waals surface area contributed by atoms with Crippen LogP contribution in [0.15, 0.2) is 0 Å². The van der Waals surface area contributed by atoms with Crippen molar-refractivity contribution < 1.29 is 12.8 Å². The van der Waals surface area contributed by atoms with Crippen LogP contribution in [-0.2, 0) is 10.0 Å². The summed E-state index contributed by atoms with van der Waals surface area (Å²) in [6, 6.07) is 0. The van der Waals surface area contributed by atoms with Gasteiger partial charge in [-0.3, -0.25) is 0 Å². The van der Waals surface area contributed by atoms with E-state index in [1.165, 1.54) is 11.2 Å². The third kappa shape index (κ3) is 2.64. The first kappa shape index (κ1) is 10.9. The molecule has 13 heavy (non-hydrogen) atoms. The van der Waals surface area contributed by atoms with Crippen LogP contribution in [0.4, 0.5) is 4.39 Å². The number of hydrogen-bond acceptors (Lipinski definition) is 2. The minimum atomic E-state index is -3.10. The van der Waals surface area contributed by atoms with Crippen LogP contribution in [0.1, 0.15) is 26.7 Å². The monoisotopic (exact) mass is 209 g/mol.